The van der Waals surface area contributed by atoms with Crippen LogP contribution in [-0.4, -0.2) is 56.4 Å². The highest BCUT2D eigenvalue weighted by atomic mass is 32.2. The van der Waals surface area contributed by atoms with Gasteiger partial charge in [-0.1, -0.05) is 0 Å². The Labute approximate surface area is 102 Å². The Morgan fingerprint density at radius 2 is 2.00 bits per heavy atom. The molecule has 0 bridgehead atoms. The van der Waals surface area contributed by atoms with Gasteiger partial charge in [-0.25, -0.2) is 8.42 Å². The molecule has 2 aliphatic rings. The van der Waals surface area contributed by atoms with E-state index >= 15 is 0 Å². The van der Waals surface area contributed by atoms with Crippen molar-refractivity contribution in [1.82, 2.24) is 10.2 Å². The molecule has 0 radical (unpaired) electrons. The largest absolute Gasteiger partial charge is 0.341 e. The fraction of sp³-hybridized carbons (Fsp3) is 0.909. The third-order valence-electron chi connectivity index (χ3n) is 3.57. The van der Waals surface area contributed by atoms with Gasteiger partial charge in [0.2, 0.25) is 5.91 Å². The summed E-state index contributed by atoms with van der Waals surface area (Å²) < 4.78 is 22.5. The zero-order valence-corrected chi connectivity index (χ0v) is 10.8. The first-order valence-electron chi connectivity index (χ1n) is 6.28. The van der Waals surface area contributed by atoms with Crippen LogP contribution < -0.4 is 5.32 Å². The molecular weight excluding hydrogens is 240 g/mol. The minimum atomic E-state index is -2.89. The van der Waals surface area contributed by atoms with Crippen molar-refractivity contribution < 1.29 is 13.2 Å². The first-order valence-corrected chi connectivity index (χ1v) is 8.10. The highest BCUT2D eigenvalue weighted by molar-refractivity contribution is 7.91. The molecule has 17 heavy (non-hydrogen) atoms. The summed E-state index contributed by atoms with van der Waals surface area (Å²) in [7, 11) is -2.89. The topological polar surface area (TPSA) is 66.5 Å². The SMILES string of the molecule is O=C(CCC1CCCN1)N1CCS(=O)(=O)CC1. The van der Waals surface area contributed by atoms with Gasteiger partial charge in [-0.05, 0) is 25.8 Å². The number of amides is 1. The fourth-order valence-electron chi connectivity index (χ4n) is 2.42. The van der Waals surface area contributed by atoms with E-state index in [1.165, 1.54) is 6.42 Å². The molecule has 5 nitrogen and oxygen atoms in total. The fourth-order valence-corrected chi connectivity index (χ4v) is 3.62. The van der Waals surface area contributed by atoms with Gasteiger partial charge in [0, 0.05) is 25.6 Å². The third kappa shape index (κ3) is 3.67. The minimum Gasteiger partial charge on any atom is -0.341 e. The summed E-state index contributed by atoms with van der Waals surface area (Å²) in [5.74, 6) is 0.356. The van der Waals surface area contributed by atoms with Crippen LogP contribution in [0, 0.1) is 0 Å². The molecule has 0 aromatic rings. The number of nitrogens with zero attached hydrogens (tertiary/aromatic N) is 1. The van der Waals surface area contributed by atoms with Gasteiger partial charge in [0.1, 0.15) is 0 Å². The number of carbonyl (C=O) groups is 1. The summed E-state index contributed by atoms with van der Waals surface area (Å²) in [6.45, 7) is 1.80. The zero-order valence-electron chi connectivity index (χ0n) is 10.0. The molecule has 0 aliphatic carbocycles. The molecular formula is C11H20N2O3S. The highest BCUT2D eigenvalue weighted by Gasteiger charge is 2.25. The van der Waals surface area contributed by atoms with Crippen molar-refractivity contribution in [3.8, 4) is 0 Å². The highest BCUT2D eigenvalue weighted by Crippen LogP contribution is 2.13. The zero-order chi connectivity index (χ0) is 12.3. The van der Waals surface area contributed by atoms with E-state index in [9.17, 15) is 13.2 Å². The summed E-state index contributed by atoms with van der Waals surface area (Å²) >= 11 is 0. The van der Waals surface area contributed by atoms with Crippen molar-refractivity contribution in [2.45, 2.75) is 31.7 Å². The first-order chi connectivity index (χ1) is 8.07. The molecule has 2 aliphatic heterocycles. The Kier molecular flexibility index (Phi) is 4.04. The van der Waals surface area contributed by atoms with Gasteiger partial charge in [-0.3, -0.25) is 4.79 Å². The van der Waals surface area contributed by atoms with Gasteiger partial charge >= 0.3 is 0 Å². The summed E-state index contributed by atoms with van der Waals surface area (Å²) in [6, 6.07) is 0.479. The van der Waals surface area contributed by atoms with Crippen LogP contribution in [0.2, 0.25) is 0 Å². The van der Waals surface area contributed by atoms with E-state index in [-0.39, 0.29) is 17.4 Å². The Balaban J connectivity index is 1.73. The molecule has 2 fully saturated rings. The lowest BCUT2D eigenvalue weighted by atomic mass is 10.1. The smallest absolute Gasteiger partial charge is 0.222 e. The number of nitrogens with one attached hydrogen (secondary N) is 1. The average molecular weight is 260 g/mol. The molecule has 1 N–H and O–H groups in total. The molecule has 0 aromatic carbocycles. The number of carbonyl (C=O) groups excluding carboxylic acids is 1. The molecule has 0 saturated carbocycles. The molecule has 98 valence electrons. The number of hydrogen-bond acceptors (Lipinski definition) is 4. The van der Waals surface area contributed by atoms with Gasteiger partial charge in [-0.15, -0.1) is 0 Å². The molecule has 1 atom stereocenters. The second kappa shape index (κ2) is 5.35. The van der Waals surface area contributed by atoms with Gasteiger partial charge in [-0.2, -0.15) is 0 Å². The van der Waals surface area contributed by atoms with Crippen molar-refractivity contribution in [2.24, 2.45) is 0 Å². The van der Waals surface area contributed by atoms with Crippen LogP contribution in [0.1, 0.15) is 25.7 Å². The maximum atomic E-state index is 11.9. The van der Waals surface area contributed by atoms with Crippen LogP contribution >= 0.6 is 0 Å². The Morgan fingerprint density at radius 3 is 2.59 bits per heavy atom. The summed E-state index contributed by atoms with van der Waals surface area (Å²) in [5, 5.41) is 3.36. The normalized spacial score (nSPS) is 28.2. The first kappa shape index (κ1) is 12.8. The van der Waals surface area contributed by atoms with Crippen molar-refractivity contribution in [2.75, 3.05) is 31.1 Å². The van der Waals surface area contributed by atoms with Gasteiger partial charge in [0.15, 0.2) is 9.84 Å². The molecule has 2 heterocycles. The van der Waals surface area contributed by atoms with Gasteiger partial charge in [0.05, 0.1) is 11.5 Å². The van der Waals surface area contributed by atoms with Crippen LogP contribution in [0.15, 0.2) is 0 Å². The van der Waals surface area contributed by atoms with Crippen molar-refractivity contribution >= 4 is 15.7 Å². The number of rotatable bonds is 3. The number of hydrogen-bond donors (Lipinski definition) is 1. The monoisotopic (exact) mass is 260 g/mol. The van der Waals surface area contributed by atoms with E-state index in [2.05, 4.69) is 5.32 Å². The molecule has 0 spiro atoms. The maximum absolute atomic E-state index is 11.9. The van der Waals surface area contributed by atoms with E-state index in [0.29, 0.717) is 25.6 Å². The van der Waals surface area contributed by atoms with Crippen LogP contribution in [0.25, 0.3) is 0 Å². The lowest BCUT2D eigenvalue weighted by molar-refractivity contribution is -0.131. The van der Waals surface area contributed by atoms with Crippen LogP contribution in [-0.2, 0) is 14.6 Å². The third-order valence-corrected chi connectivity index (χ3v) is 5.18. The van der Waals surface area contributed by atoms with Gasteiger partial charge < -0.3 is 10.2 Å². The molecule has 1 amide bonds. The second-order valence-electron chi connectivity index (χ2n) is 4.86. The molecule has 1 unspecified atom stereocenters. The maximum Gasteiger partial charge on any atom is 0.222 e. The second-order valence-corrected chi connectivity index (χ2v) is 7.17. The standard InChI is InChI=1S/C11H20N2O3S/c14-11(4-3-10-2-1-5-12-10)13-6-8-17(15,16)9-7-13/h10,12H,1-9H2. The van der Waals surface area contributed by atoms with Crippen LogP contribution in [0.3, 0.4) is 0 Å². The Bertz CT molecular complexity index is 360. The Hall–Kier alpha value is -0.620. The molecule has 0 aromatic heterocycles. The quantitative estimate of drug-likeness (QED) is 0.761. The van der Waals surface area contributed by atoms with E-state index in [1.54, 1.807) is 4.90 Å². The summed E-state index contributed by atoms with van der Waals surface area (Å²) in [5.41, 5.74) is 0. The van der Waals surface area contributed by atoms with E-state index in [4.69, 9.17) is 0 Å². The van der Waals surface area contributed by atoms with Gasteiger partial charge in [0.25, 0.3) is 0 Å². The number of sulfone groups is 1. The van der Waals surface area contributed by atoms with Crippen LogP contribution in [0.4, 0.5) is 0 Å². The average Bonchev–Trinajstić information content (AvgIpc) is 2.78. The summed E-state index contributed by atoms with van der Waals surface area (Å²) in [6.07, 6.45) is 3.77. The molecule has 2 saturated heterocycles. The molecule has 2 rings (SSSR count). The van der Waals surface area contributed by atoms with E-state index < -0.39 is 9.84 Å². The lowest BCUT2D eigenvalue weighted by Gasteiger charge is -2.27. The van der Waals surface area contributed by atoms with Crippen molar-refractivity contribution in [1.29, 1.82) is 0 Å². The van der Waals surface area contributed by atoms with E-state index in [0.717, 1.165) is 19.4 Å². The van der Waals surface area contributed by atoms with Crippen LogP contribution in [0.5, 0.6) is 0 Å². The van der Waals surface area contributed by atoms with Crippen molar-refractivity contribution in [3.05, 3.63) is 0 Å². The summed E-state index contributed by atoms with van der Waals surface area (Å²) in [4.78, 5) is 13.6. The Morgan fingerprint density at radius 1 is 1.29 bits per heavy atom. The minimum absolute atomic E-state index is 0.105. The predicted molar refractivity (Wildman–Crippen MR) is 65.5 cm³/mol. The lowest BCUT2D eigenvalue weighted by Crippen LogP contribution is -2.44. The van der Waals surface area contributed by atoms with E-state index in [1.807, 2.05) is 0 Å². The molecule has 6 heteroatoms. The van der Waals surface area contributed by atoms with Crippen molar-refractivity contribution in [3.63, 3.8) is 0 Å². The predicted octanol–water partition coefficient (Wildman–Crippen LogP) is -0.224.